The van der Waals surface area contributed by atoms with Gasteiger partial charge in [-0.3, -0.25) is 0 Å². The van der Waals surface area contributed by atoms with E-state index in [2.05, 4.69) is 92.2 Å². The molecule has 2 saturated heterocycles. The summed E-state index contributed by atoms with van der Waals surface area (Å²) in [4.78, 5) is 9.23. The van der Waals surface area contributed by atoms with Gasteiger partial charge in [0.1, 0.15) is 37.9 Å². The second-order valence-electron chi connectivity index (χ2n) is 16.0. The minimum Gasteiger partial charge on any atom is -0.472 e. The number of aromatic nitrogens is 3. The highest BCUT2D eigenvalue weighted by Crippen LogP contribution is 2.57. The molecule has 0 bridgehead atoms. The maximum absolute atomic E-state index is 9.60. The maximum atomic E-state index is 9.60. The highest BCUT2D eigenvalue weighted by atomic mass is 28.4. The summed E-state index contributed by atoms with van der Waals surface area (Å²) >= 11 is 0. The van der Waals surface area contributed by atoms with Gasteiger partial charge in [-0.2, -0.15) is 0 Å². The number of hydrogen-bond donors (Lipinski definition) is 1. The molecule has 1 N–H and O–H groups in total. The van der Waals surface area contributed by atoms with Gasteiger partial charge in [0.05, 0.1) is 17.6 Å². The smallest absolute Gasteiger partial charge is 0.349 e. The fourth-order valence-corrected chi connectivity index (χ4v) is 12.7. The minimum absolute atomic E-state index is 0.0412. The first-order chi connectivity index (χ1) is 21.4. The van der Waals surface area contributed by atoms with Crippen LogP contribution < -0.4 is 4.74 Å². The van der Waals surface area contributed by atoms with Crippen LogP contribution in [0.1, 0.15) is 79.7 Å². The van der Waals surface area contributed by atoms with Crippen molar-refractivity contribution in [3.05, 3.63) is 54.0 Å². The molecule has 0 radical (unpaired) electrons. The molecule has 2 aromatic heterocycles. The fourth-order valence-electron chi connectivity index (χ4n) is 6.50. The van der Waals surface area contributed by atoms with Gasteiger partial charge in [0.25, 0.3) is 0 Å². The average molecular weight is 666 g/mol. The lowest BCUT2D eigenvalue weighted by molar-refractivity contribution is -0.0794. The van der Waals surface area contributed by atoms with Crippen LogP contribution in [0, 0.1) is 11.8 Å². The summed E-state index contributed by atoms with van der Waals surface area (Å²) in [5.41, 5.74) is 2.27. The highest BCUT2D eigenvalue weighted by molar-refractivity contribution is 6.74. The van der Waals surface area contributed by atoms with Crippen molar-refractivity contribution in [3.8, 4) is 17.7 Å². The van der Waals surface area contributed by atoms with Gasteiger partial charge < -0.3 is 32.4 Å². The van der Waals surface area contributed by atoms with Crippen LogP contribution in [0.25, 0.3) is 11.0 Å². The van der Waals surface area contributed by atoms with Crippen LogP contribution in [0.2, 0.25) is 28.2 Å². The number of nitrogens with zero attached hydrogens (tertiary/aromatic N) is 3. The van der Waals surface area contributed by atoms with Crippen molar-refractivity contribution >= 4 is 27.9 Å². The van der Waals surface area contributed by atoms with Gasteiger partial charge >= 0.3 is 8.56 Å². The van der Waals surface area contributed by atoms with Gasteiger partial charge in [-0.1, -0.05) is 104 Å². The molecule has 46 heavy (non-hydrogen) atoms. The number of ether oxygens (including phenoxy) is 2. The van der Waals surface area contributed by atoms with Gasteiger partial charge in [0.2, 0.25) is 5.88 Å². The first kappa shape index (κ1) is 34.8. The lowest BCUT2D eigenvalue weighted by Gasteiger charge is -2.54. The van der Waals surface area contributed by atoms with E-state index >= 15 is 0 Å². The fraction of sp³-hybridized carbons (Fsp3) is 0.600. The van der Waals surface area contributed by atoms with Crippen LogP contribution in [-0.2, 0) is 24.6 Å². The summed E-state index contributed by atoms with van der Waals surface area (Å²) in [6.07, 6.45) is 1.76. The first-order valence-corrected chi connectivity index (χ1v) is 20.9. The van der Waals surface area contributed by atoms with Crippen molar-refractivity contribution < 1.29 is 27.9 Å². The number of aliphatic hydroxyl groups excluding tert-OH is 1. The highest BCUT2D eigenvalue weighted by Gasteiger charge is 2.66. The molecule has 3 aromatic rings. The zero-order chi connectivity index (χ0) is 33.7. The largest absolute Gasteiger partial charge is 0.472 e. The Morgan fingerprint density at radius 2 is 1.70 bits per heavy atom. The summed E-state index contributed by atoms with van der Waals surface area (Å²) in [6.45, 7) is 25.1. The van der Waals surface area contributed by atoms with Gasteiger partial charge in [0, 0.05) is 16.3 Å². The zero-order valence-electron chi connectivity index (χ0n) is 29.3. The van der Waals surface area contributed by atoms with Crippen molar-refractivity contribution in [2.45, 2.75) is 122 Å². The van der Waals surface area contributed by atoms with E-state index in [1.165, 1.54) is 6.33 Å². The van der Waals surface area contributed by atoms with Crippen molar-refractivity contribution in [1.29, 1.82) is 0 Å². The molecule has 0 saturated carbocycles. The zero-order valence-corrected chi connectivity index (χ0v) is 31.3. The second kappa shape index (κ2) is 12.5. The Labute approximate surface area is 276 Å². The third-order valence-electron chi connectivity index (χ3n) is 9.62. The molecule has 0 amide bonds. The van der Waals surface area contributed by atoms with E-state index in [0.717, 1.165) is 5.56 Å². The normalized spacial score (nSPS) is 23.6. The topological polar surface area (TPSA) is 97.1 Å². The number of benzene rings is 1. The summed E-state index contributed by atoms with van der Waals surface area (Å²) in [7, 11) is -5.15. The third kappa shape index (κ3) is 6.33. The predicted molar refractivity (Wildman–Crippen MR) is 184 cm³/mol. The molecule has 4 atom stereocenters. The molecule has 250 valence electrons. The standard InChI is InChI=1S/C35H51N3O6Si2/c1-33(2,3)45(10,11)43-29-28-26(22-41-46(44-28,34(4,5)6)35(7,8)9)42-32(29)38-20-25(18-15-19-39)27-30(38)36-23-37-31(27)40-21-24-16-13-12-14-17-24/h12-14,16-17,20,23,26,28-29,32,39H,19,21-22H2,1-11H3/t26-,28-,29-,32-/m1/s1. The third-order valence-corrected chi connectivity index (χ3v) is 19.2. The molecule has 0 spiro atoms. The quantitative estimate of drug-likeness (QED) is 0.220. The molecule has 2 fully saturated rings. The minimum atomic E-state index is -2.83. The van der Waals surface area contributed by atoms with Gasteiger partial charge in [-0.05, 0) is 23.7 Å². The van der Waals surface area contributed by atoms with E-state index in [1.54, 1.807) is 0 Å². The van der Waals surface area contributed by atoms with Gasteiger partial charge in [-0.15, -0.1) is 0 Å². The van der Waals surface area contributed by atoms with Gasteiger partial charge in [0.15, 0.2) is 20.2 Å². The Morgan fingerprint density at radius 1 is 1.02 bits per heavy atom. The van der Waals surface area contributed by atoms with Crippen LogP contribution in [0.5, 0.6) is 5.88 Å². The van der Waals surface area contributed by atoms with Crippen LogP contribution in [0.4, 0.5) is 0 Å². The second-order valence-corrected chi connectivity index (χ2v) is 25.5. The molecule has 11 heteroatoms. The summed E-state index contributed by atoms with van der Waals surface area (Å²) in [5.74, 6) is 6.32. The Bertz CT molecular complexity index is 1580. The molecule has 2 aliphatic rings. The van der Waals surface area contributed by atoms with Crippen LogP contribution >= 0.6 is 0 Å². The molecule has 4 heterocycles. The Kier molecular flexibility index (Phi) is 9.42. The van der Waals surface area contributed by atoms with Crippen molar-refractivity contribution in [3.63, 3.8) is 0 Å². The molecular weight excluding hydrogens is 615 g/mol. The Balaban J connectivity index is 1.63. The average Bonchev–Trinajstić information content (AvgIpc) is 3.51. The molecule has 0 unspecified atom stereocenters. The Hall–Kier alpha value is -2.57. The van der Waals surface area contributed by atoms with Crippen molar-refractivity contribution in [2.24, 2.45) is 0 Å². The summed E-state index contributed by atoms with van der Waals surface area (Å²) < 4.78 is 36.5. The number of aliphatic hydroxyl groups is 1. The van der Waals surface area contributed by atoms with E-state index in [1.807, 2.05) is 41.1 Å². The molecule has 5 rings (SSSR count). The predicted octanol–water partition coefficient (Wildman–Crippen LogP) is 7.10. The number of rotatable bonds is 6. The molecule has 2 aliphatic heterocycles. The van der Waals surface area contributed by atoms with Crippen LogP contribution in [-0.4, -0.2) is 68.0 Å². The summed E-state index contributed by atoms with van der Waals surface area (Å²) in [5, 5.41) is 9.83. The van der Waals surface area contributed by atoms with Gasteiger partial charge in [-0.25, -0.2) is 9.97 Å². The van der Waals surface area contributed by atoms with E-state index < -0.39 is 29.2 Å². The van der Waals surface area contributed by atoms with E-state index in [0.29, 0.717) is 35.7 Å². The van der Waals surface area contributed by atoms with Crippen LogP contribution in [0.15, 0.2) is 42.9 Å². The maximum Gasteiger partial charge on any atom is 0.349 e. The lowest BCUT2D eigenvalue weighted by Crippen LogP contribution is -2.66. The molecule has 1 aromatic carbocycles. The van der Waals surface area contributed by atoms with Crippen molar-refractivity contribution in [1.82, 2.24) is 14.5 Å². The lowest BCUT2D eigenvalue weighted by atomic mass is 10.1. The van der Waals surface area contributed by atoms with Crippen LogP contribution in [0.3, 0.4) is 0 Å². The summed E-state index contributed by atoms with van der Waals surface area (Å²) in [6, 6.07) is 9.94. The molecular formula is C35H51N3O6Si2. The number of fused-ring (bicyclic) bond motifs is 2. The van der Waals surface area contributed by atoms with E-state index in [-0.39, 0.29) is 33.9 Å². The Morgan fingerprint density at radius 3 is 2.30 bits per heavy atom. The van der Waals surface area contributed by atoms with E-state index in [4.69, 9.17) is 27.7 Å². The van der Waals surface area contributed by atoms with Crippen molar-refractivity contribution in [2.75, 3.05) is 13.2 Å². The first-order valence-electron chi connectivity index (χ1n) is 16.2. The molecule has 0 aliphatic carbocycles. The monoisotopic (exact) mass is 665 g/mol. The molecule has 9 nitrogen and oxygen atoms in total. The SMILES string of the molecule is CC(C)(C)[Si](C)(C)O[C@@H]1[C@@H]2O[Si](C(C)(C)C)(C(C)(C)C)OC[C@H]2O[C@H]1n1cc(C#CCO)c2c(OCc3ccccc3)ncnc21. The van der Waals surface area contributed by atoms with E-state index in [9.17, 15) is 5.11 Å². The number of hydrogen-bond acceptors (Lipinski definition) is 8.